The number of rotatable bonds is 5. The van der Waals surface area contributed by atoms with Crippen LogP contribution in [0.1, 0.15) is 31.5 Å². The molecule has 0 radical (unpaired) electrons. The van der Waals surface area contributed by atoms with Crippen LogP contribution >= 0.6 is 0 Å². The van der Waals surface area contributed by atoms with Crippen molar-refractivity contribution in [1.29, 1.82) is 0 Å². The third-order valence-corrected chi connectivity index (χ3v) is 2.23. The molecular weight excluding hydrogens is 223 g/mol. The second-order valence-corrected chi connectivity index (χ2v) is 3.73. The second-order valence-electron chi connectivity index (χ2n) is 3.73. The summed E-state index contributed by atoms with van der Waals surface area (Å²) in [7, 11) is 0. The second kappa shape index (κ2) is 5.29. The van der Waals surface area contributed by atoms with Crippen LogP contribution in [0, 0.1) is 5.92 Å². The van der Waals surface area contributed by atoms with Gasteiger partial charge in [0, 0.05) is 6.42 Å². The maximum absolute atomic E-state index is 12.1. The predicted molar refractivity (Wildman–Crippen MR) is 50.5 cm³/mol. The number of hydrogen-bond donors (Lipinski definition) is 1. The average molecular weight is 237 g/mol. The minimum absolute atomic E-state index is 0.0243. The van der Waals surface area contributed by atoms with Crippen LogP contribution in [0.2, 0.25) is 0 Å². The van der Waals surface area contributed by atoms with Crippen molar-refractivity contribution in [3.63, 3.8) is 0 Å². The quantitative estimate of drug-likeness (QED) is 0.850. The van der Waals surface area contributed by atoms with Gasteiger partial charge in [0.2, 0.25) is 5.89 Å². The molecule has 1 heterocycles. The maximum atomic E-state index is 12.1. The van der Waals surface area contributed by atoms with Gasteiger partial charge in [-0.25, -0.2) is 0 Å². The zero-order valence-corrected chi connectivity index (χ0v) is 8.92. The number of halogens is 3. The first-order valence-corrected chi connectivity index (χ1v) is 5.03. The molecule has 1 atom stereocenters. The Kier molecular flexibility index (Phi) is 4.28. The van der Waals surface area contributed by atoms with E-state index in [9.17, 15) is 13.2 Å². The Labute approximate surface area is 91.0 Å². The fraction of sp³-hybridized carbons (Fsp3) is 0.778. The molecule has 0 bridgehead atoms. The molecule has 0 amide bonds. The molecule has 7 heteroatoms. The van der Waals surface area contributed by atoms with Gasteiger partial charge in [-0.3, -0.25) is 0 Å². The Morgan fingerprint density at radius 3 is 2.56 bits per heavy atom. The van der Waals surface area contributed by atoms with E-state index >= 15 is 0 Å². The van der Waals surface area contributed by atoms with E-state index in [1.165, 1.54) is 0 Å². The molecule has 0 aliphatic rings. The normalized spacial score (nSPS) is 14.1. The molecule has 0 spiro atoms. The molecule has 0 saturated carbocycles. The van der Waals surface area contributed by atoms with Crippen molar-refractivity contribution in [3.05, 3.63) is 11.7 Å². The van der Waals surface area contributed by atoms with Gasteiger partial charge in [-0.15, -0.1) is 0 Å². The highest BCUT2D eigenvalue weighted by Gasteiger charge is 2.37. The lowest BCUT2D eigenvalue weighted by Crippen LogP contribution is -2.08. The maximum Gasteiger partial charge on any atom is 0.455 e. The fourth-order valence-electron chi connectivity index (χ4n) is 1.27. The van der Waals surface area contributed by atoms with E-state index in [-0.39, 0.29) is 5.89 Å². The number of aryl methyl sites for hydroxylation is 1. The molecular formula is C9H14F3N3O. The van der Waals surface area contributed by atoms with Gasteiger partial charge in [0.1, 0.15) is 0 Å². The monoisotopic (exact) mass is 237 g/mol. The fourth-order valence-corrected chi connectivity index (χ4v) is 1.27. The van der Waals surface area contributed by atoms with Crippen LogP contribution in [0.5, 0.6) is 0 Å². The van der Waals surface area contributed by atoms with Gasteiger partial charge in [-0.05, 0) is 25.3 Å². The van der Waals surface area contributed by atoms with Gasteiger partial charge in [0.15, 0.2) is 0 Å². The molecule has 16 heavy (non-hydrogen) atoms. The van der Waals surface area contributed by atoms with Crippen LogP contribution in [0.25, 0.3) is 0 Å². The van der Waals surface area contributed by atoms with E-state index in [0.29, 0.717) is 25.3 Å². The Bertz CT molecular complexity index is 324. The first kappa shape index (κ1) is 13.0. The van der Waals surface area contributed by atoms with Crippen molar-refractivity contribution in [3.8, 4) is 0 Å². The molecule has 1 rings (SSSR count). The Morgan fingerprint density at radius 1 is 1.38 bits per heavy atom. The van der Waals surface area contributed by atoms with Crippen molar-refractivity contribution in [2.75, 3.05) is 6.54 Å². The topological polar surface area (TPSA) is 64.9 Å². The Balaban J connectivity index is 2.47. The number of alkyl halides is 3. The average Bonchev–Trinajstić information content (AvgIpc) is 2.63. The lowest BCUT2D eigenvalue weighted by molar-refractivity contribution is -0.146. The third-order valence-electron chi connectivity index (χ3n) is 2.23. The molecule has 4 nitrogen and oxygen atoms in total. The smallest absolute Gasteiger partial charge is 0.339 e. The lowest BCUT2D eigenvalue weighted by atomic mass is 10.0. The highest BCUT2D eigenvalue weighted by molar-refractivity contribution is 4.90. The minimum Gasteiger partial charge on any atom is -0.339 e. The van der Waals surface area contributed by atoms with Crippen molar-refractivity contribution in [1.82, 2.24) is 10.1 Å². The van der Waals surface area contributed by atoms with Crippen molar-refractivity contribution < 1.29 is 17.7 Å². The van der Waals surface area contributed by atoms with E-state index in [0.717, 1.165) is 6.42 Å². The van der Waals surface area contributed by atoms with Crippen LogP contribution < -0.4 is 5.73 Å². The van der Waals surface area contributed by atoms with Gasteiger partial charge in [0.25, 0.3) is 5.82 Å². The van der Waals surface area contributed by atoms with Crippen molar-refractivity contribution in [2.45, 2.75) is 32.4 Å². The van der Waals surface area contributed by atoms with E-state index in [1.54, 1.807) is 0 Å². The Morgan fingerprint density at radius 2 is 2.06 bits per heavy atom. The van der Waals surface area contributed by atoms with E-state index in [4.69, 9.17) is 5.73 Å². The molecule has 0 saturated heterocycles. The molecule has 1 aromatic heterocycles. The summed E-state index contributed by atoms with van der Waals surface area (Å²) in [5.41, 5.74) is 5.36. The van der Waals surface area contributed by atoms with Crippen LogP contribution in [0.4, 0.5) is 13.2 Å². The summed E-state index contributed by atoms with van der Waals surface area (Å²) in [6.45, 7) is 2.55. The van der Waals surface area contributed by atoms with E-state index < -0.39 is 12.0 Å². The summed E-state index contributed by atoms with van der Waals surface area (Å²) in [4.78, 5) is 3.28. The van der Waals surface area contributed by atoms with Crippen molar-refractivity contribution >= 4 is 0 Å². The molecule has 0 aliphatic carbocycles. The first-order chi connectivity index (χ1) is 7.43. The van der Waals surface area contributed by atoms with Crippen LogP contribution in [0.15, 0.2) is 4.52 Å². The number of nitrogens with zero attached hydrogens (tertiary/aromatic N) is 2. The first-order valence-electron chi connectivity index (χ1n) is 5.03. The summed E-state index contributed by atoms with van der Waals surface area (Å²) in [6, 6.07) is 0. The van der Waals surface area contributed by atoms with E-state index in [1.807, 2.05) is 6.92 Å². The van der Waals surface area contributed by atoms with Gasteiger partial charge in [-0.1, -0.05) is 12.1 Å². The summed E-state index contributed by atoms with van der Waals surface area (Å²) in [5.74, 6) is -0.851. The summed E-state index contributed by atoms with van der Waals surface area (Å²) >= 11 is 0. The zero-order chi connectivity index (χ0) is 12.2. The van der Waals surface area contributed by atoms with Gasteiger partial charge in [0.05, 0.1) is 0 Å². The highest BCUT2D eigenvalue weighted by atomic mass is 19.4. The zero-order valence-electron chi connectivity index (χ0n) is 8.92. The number of aromatic nitrogens is 2. The number of nitrogens with two attached hydrogens (primary N) is 1. The summed E-state index contributed by atoms with van der Waals surface area (Å²) in [5, 5.41) is 2.88. The number of hydrogen-bond acceptors (Lipinski definition) is 4. The third kappa shape index (κ3) is 3.80. The molecule has 1 unspecified atom stereocenters. The standard InChI is InChI=1S/C9H14F3N3O/c1-6(4-5-13)2-3-7-14-8(15-16-7)9(10,11)12/h6H,2-5,13H2,1H3. The van der Waals surface area contributed by atoms with Gasteiger partial charge < -0.3 is 10.3 Å². The van der Waals surface area contributed by atoms with E-state index in [2.05, 4.69) is 14.7 Å². The summed E-state index contributed by atoms with van der Waals surface area (Å²) < 4.78 is 40.9. The lowest BCUT2D eigenvalue weighted by Gasteiger charge is -2.06. The predicted octanol–water partition coefficient (Wildman–Crippen LogP) is 2.01. The molecule has 1 aromatic rings. The van der Waals surface area contributed by atoms with Gasteiger partial charge in [-0.2, -0.15) is 18.2 Å². The van der Waals surface area contributed by atoms with Crippen LogP contribution in [-0.2, 0) is 12.6 Å². The molecule has 0 fully saturated rings. The van der Waals surface area contributed by atoms with Crippen LogP contribution in [-0.4, -0.2) is 16.7 Å². The SMILES string of the molecule is CC(CCN)CCc1nc(C(F)(F)F)no1. The largest absolute Gasteiger partial charge is 0.455 e. The molecule has 0 aromatic carbocycles. The van der Waals surface area contributed by atoms with Crippen molar-refractivity contribution in [2.24, 2.45) is 11.7 Å². The highest BCUT2D eigenvalue weighted by Crippen LogP contribution is 2.26. The molecule has 0 aliphatic heterocycles. The molecule has 2 N–H and O–H groups in total. The molecule has 92 valence electrons. The minimum atomic E-state index is -4.54. The summed E-state index contributed by atoms with van der Waals surface area (Å²) in [6.07, 6.45) is -2.66. The van der Waals surface area contributed by atoms with Crippen LogP contribution in [0.3, 0.4) is 0 Å². The Hall–Kier alpha value is -1.11. The van der Waals surface area contributed by atoms with Gasteiger partial charge >= 0.3 is 6.18 Å².